The number of nitrogens with zero attached hydrogens (tertiary/aromatic N) is 3. The van der Waals surface area contributed by atoms with Crippen LogP contribution < -0.4 is 4.90 Å². The Hall–Kier alpha value is -1.99. The number of halogens is 3. The molecule has 28 heavy (non-hydrogen) atoms. The maximum absolute atomic E-state index is 14.0. The highest BCUT2D eigenvalue weighted by molar-refractivity contribution is 6.31. The molecule has 5 nitrogen and oxygen atoms in total. The van der Waals surface area contributed by atoms with E-state index in [9.17, 15) is 14.0 Å². The van der Waals surface area contributed by atoms with Crippen LogP contribution in [0.4, 0.5) is 10.1 Å². The number of hydrogen-bond acceptors (Lipinski definition) is 4. The van der Waals surface area contributed by atoms with Gasteiger partial charge in [-0.15, -0.1) is 0 Å². The number of hydrazine groups is 1. The van der Waals surface area contributed by atoms with Gasteiger partial charge in [0.2, 0.25) is 5.91 Å². The molecular formula is C20H16Cl2FN3O2. The Kier molecular flexibility index (Phi) is 4.21. The van der Waals surface area contributed by atoms with Crippen molar-refractivity contribution in [3.63, 3.8) is 0 Å². The summed E-state index contributed by atoms with van der Waals surface area (Å²) < 4.78 is 14.0. The highest BCUT2D eigenvalue weighted by Gasteiger charge is 2.62. The number of fused-ring (bicyclic) bond motifs is 3. The lowest BCUT2D eigenvalue weighted by atomic mass is 9.90. The zero-order valence-corrected chi connectivity index (χ0v) is 16.2. The second-order valence-corrected chi connectivity index (χ2v) is 8.10. The van der Waals surface area contributed by atoms with Crippen LogP contribution >= 0.6 is 23.2 Å². The predicted octanol–water partition coefficient (Wildman–Crippen LogP) is 3.67. The lowest BCUT2D eigenvalue weighted by Gasteiger charge is -2.29. The standard InChI is InChI=1S/C20H16Cl2FN3O2/c21-12-4-2-11(3-5-12)17-16-18(25-9-1-8-24(17)25)20(28)26(19(16)27)13-6-7-14(22)15(23)10-13/h2-7,10,16-18H,1,8-9H2/t16-,17-,18+/m0/s1. The summed E-state index contributed by atoms with van der Waals surface area (Å²) in [6, 6.07) is 10.6. The van der Waals surface area contributed by atoms with Gasteiger partial charge in [-0.2, -0.15) is 0 Å². The van der Waals surface area contributed by atoms with Gasteiger partial charge in [-0.3, -0.25) is 9.59 Å². The quantitative estimate of drug-likeness (QED) is 0.696. The van der Waals surface area contributed by atoms with Crippen molar-refractivity contribution in [1.29, 1.82) is 0 Å². The van der Waals surface area contributed by atoms with Crippen LogP contribution in [-0.2, 0) is 9.59 Å². The third-order valence-corrected chi connectivity index (χ3v) is 6.34. The summed E-state index contributed by atoms with van der Waals surface area (Å²) >= 11 is 11.8. The van der Waals surface area contributed by atoms with E-state index in [2.05, 4.69) is 5.01 Å². The fourth-order valence-corrected chi connectivity index (χ4v) is 4.90. The van der Waals surface area contributed by atoms with E-state index in [4.69, 9.17) is 23.2 Å². The molecule has 2 amide bonds. The molecule has 3 atom stereocenters. The zero-order valence-electron chi connectivity index (χ0n) is 14.7. The molecule has 144 valence electrons. The molecule has 2 aromatic carbocycles. The van der Waals surface area contributed by atoms with E-state index in [1.165, 1.54) is 12.1 Å². The molecule has 2 aromatic rings. The molecule has 0 N–H and O–H groups in total. The molecular weight excluding hydrogens is 404 g/mol. The second-order valence-electron chi connectivity index (χ2n) is 7.26. The smallest absolute Gasteiger partial charge is 0.253 e. The van der Waals surface area contributed by atoms with Crippen LogP contribution in [0.1, 0.15) is 18.0 Å². The highest BCUT2D eigenvalue weighted by Crippen LogP contribution is 2.49. The average molecular weight is 420 g/mol. The number of carbonyl (C=O) groups excluding carboxylic acids is 2. The fraction of sp³-hybridized carbons (Fsp3) is 0.300. The highest BCUT2D eigenvalue weighted by atomic mass is 35.5. The molecule has 3 aliphatic heterocycles. The van der Waals surface area contributed by atoms with Gasteiger partial charge in [-0.25, -0.2) is 19.3 Å². The number of anilines is 1. The van der Waals surface area contributed by atoms with E-state index in [0.29, 0.717) is 11.6 Å². The van der Waals surface area contributed by atoms with Crippen molar-refractivity contribution in [1.82, 2.24) is 10.0 Å². The van der Waals surface area contributed by atoms with Crippen LogP contribution in [0, 0.1) is 11.7 Å². The van der Waals surface area contributed by atoms with Gasteiger partial charge in [0.05, 0.1) is 22.7 Å². The predicted molar refractivity (Wildman–Crippen MR) is 103 cm³/mol. The van der Waals surface area contributed by atoms with Crippen molar-refractivity contribution >= 4 is 40.7 Å². The van der Waals surface area contributed by atoms with E-state index < -0.39 is 17.8 Å². The first-order valence-corrected chi connectivity index (χ1v) is 9.84. The molecule has 5 rings (SSSR count). The third kappa shape index (κ3) is 2.52. The van der Waals surface area contributed by atoms with E-state index >= 15 is 0 Å². The van der Waals surface area contributed by atoms with Crippen molar-refractivity contribution in [3.8, 4) is 0 Å². The molecule has 0 bridgehead atoms. The molecule has 0 aromatic heterocycles. The summed E-state index contributed by atoms with van der Waals surface area (Å²) in [4.78, 5) is 27.7. The van der Waals surface area contributed by atoms with Crippen molar-refractivity contribution in [2.24, 2.45) is 5.92 Å². The molecule has 0 spiro atoms. The normalized spacial score (nSPS) is 27.5. The Morgan fingerprint density at radius 2 is 1.57 bits per heavy atom. The lowest BCUT2D eigenvalue weighted by Crippen LogP contribution is -2.44. The molecule has 3 heterocycles. The summed E-state index contributed by atoms with van der Waals surface area (Å²) in [5.41, 5.74) is 1.15. The summed E-state index contributed by atoms with van der Waals surface area (Å²) in [5.74, 6) is -1.84. The number of benzene rings is 2. The summed E-state index contributed by atoms with van der Waals surface area (Å²) in [6.07, 6.45) is 0.921. The topological polar surface area (TPSA) is 43.9 Å². The van der Waals surface area contributed by atoms with Gasteiger partial charge in [0.15, 0.2) is 0 Å². The number of amides is 2. The molecule has 0 unspecified atom stereocenters. The molecule has 3 saturated heterocycles. The van der Waals surface area contributed by atoms with Gasteiger partial charge in [-0.05, 0) is 42.3 Å². The van der Waals surface area contributed by atoms with Crippen LogP contribution in [0.3, 0.4) is 0 Å². The van der Waals surface area contributed by atoms with Crippen molar-refractivity contribution in [3.05, 3.63) is 63.9 Å². The summed E-state index contributed by atoms with van der Waals surface area (Å²) in [6.45, 7) is 1.50. The van der Waals surface area contributed by atoms with Crippen LogP contribution in [0.5, 0.6) is 0 Å². The van der Waals surface area contributed by atoms with Gasteiger partial charge in [0.1, 0.15) is 11.9 Å². The first kappa shape index (κ1) is 18.1. The minimum absolute atomic E-state index is 0.0483. The van der Waals surface area contributed by atoms with Crippen molar-refractivity contribution in [2.75, 3.05) is 18.0 Å². The number of hydrogen-bond donors (Lipinski definition) is 0. The van der Waals surface area contributed by atoms with Crippen molar-refractivity contribution in [2.45, 2.75) is 18.5 Å². The van der Waals surface area contributed by atoms with E-state index in [1.54, 1.807) is 12.1 Å². The summed E-state index contributed by atoms with van der Waals surface area (Å²) in [5, 5.41) is 4.68. The van der Waals surface area contributed by atoms with Gasteiger partial charge in [0.25, 0.3) is 5.91 Å². The zero-order chi connectivity index (χ0) is 19.6. The Morgan fingerprint density at radius 1 is 0.893 bits per heavy atom. The van der Waals surface area contributed by atoms with E-state index in [1.807, 2.05) is 17.1 Å². The van der Waals surface area contributed by atoms with Crippen LogP contribution in [0.2, 0.25) is 10.0 Å². The maximum atomic E-state index is 14.0. The minimum Gasteiger partial charge on any atom is -0.274 e. The molecule has 3 aliphatic rings. The SMILES string of the molecule is O=C1[C@@H]2[C@H](C(=O)N1c1ccc(Cl)c(F)c1)N1CCCN1[C@H]2c1ccc(Cl)cc1. The molecule has 0 saturated carbocycles. The maximum Gasteiger partial charge on any atom is 0.253 e. The Morgan fingerprint density at radius 3 is 2.25 bits per heavy atom. The number of rotatable bonds is 2. The van der Waals surface area contributed by atoms with Crippen LogP contribution in [0.15, 0.2) is 42.5 Å². The van der Waals surface area contributed by atoms with Gasteiger partial charge in [0, 0.05) is 18.1 Å². The Bertz CT molecular complexity index is 984. The van der Waals surface area contributed by atoms with Gasteiger partial charge >= 0.3 is 0 Å². The Labute approximate surface area is 171 Å². The van der Waals surface area contributed by atoms with Crippen molar-refractivity contribution < 1.29 is 14.0 Å². The minimum atomic E-state index is -0.658. The third-order valence-electron chi connectivity index (χ3n) is 5.78. The molecule has 0 aliphatic carbocycles. The Balaban J connectivity index is 1.58. The lowest BCUT2D eigenvalue weighted by molar-refractivity contribution is -0.126. The second kappa shape index (κ2) is 6.52. The monoisotopic (exact) mass is 419 g/mol. The first-order chi connectivity index (χ1) is 13.5. The number of carbonyl (C=O) groups is 2. The molecule has 0 radical (unpaired) electrons. The molecule has 8 heteroatoms. The average Bonchev–Trinajstić information content (AvgIpc) is 3.31. The van der Waals surface area contributed by atoms with Crippen LogP contribution in [-0.4, -0.2) is 41.0 Å². The van der Waals surface area contributed by atoms with Gasteiger partial charge in [-0.1, -0.05) is 35.3 Å². The first-order valence-electron chi connectivity index (χ1n) is 9.09. The molecule has 3 fully saturated rings. The fourth-order valence-electron chi connectivity index (χ4n) is 4.65. The largest absolute Gasteiger partial charge is 0.274 e. The van der Waals surface area contributed by atoms with Crippen LogP contribution in [0.25, 0.3) is 0 Å². The van der Waals surface area contributed by atoms with E-state index in [0.717, 1.165) is 29.5 Å². The van der Waals surface area contributed by atoms with E-state index in [-0.39, 0.29) is 28.6 Å². The number of imide groups is 1. The summed E-state index contributed by atoms with van der Waals surface area (Å²) in [7, 11) is 0. The van der Waals surface area contributed by atoms with Gasteiger partial charge < -0.3 is 0 Å².